The highest BCUT2D eigenvalue weighted by atomic mass is 16.5. The fraction of sp³-hybridized carbons (Fsp3) is 0.538. The summed E-state index contributed by atoms with van der Waals surface area (Å²) in [5.74, 6) is 1.62. The highest BCUT2D eigenvalue weighted by molar-refractivity contribution is 5.47. The summed E-state index contributed by atoms with van der Waals surface area (Å²) in [6, 6.07) is 4.11. The van der Waals surface area contributed by atoms with Gasteiger partial charge in [-0.25, -0.2) is 0 Å². The number of rotatable bonds is 6. The molecule has 0 atom stereocenters. The van der Waals surface area contributed by atoms with Crippen molar-refractivity contribution in [3.8, 4) is 11.5 Å². The number of ether oxygens (including phenoxy) is 2. The molecule has 0 bridgehead atoms. The van der Waals surface area contributed by atoms with E-state index in [1.54, 1.807) is 14.2 Å². The van der Waals surface area contributed by atoms with Crippen LogP contribution >= 0.6 is 0 Å². The van der Waals surface area contributed by atoms with Gasteiger partial charge in [0.25, 0.3) is 0 Å². The van der Waals surface area contributed by atoms with Gasteiger partial charge in [-0.1, -0.05) is 0 Å². The van der Waals surface area contributed by atoms with Crippen molar-refractivity contribution >= 4 is 0 Å². The van der Waals surface area contributed by atoms with Crippen LogP contribution in [0.5, 0.6) is 11.5 Å². The van der Waals surface area contributed by atoms with Crippen molar-refractivity contribution in [2.45, 2.75) is 19.8 Å². The SMILES string of the molecule is CNCCCc1cc(OC)c(OC)cc1C. The molecule has 1 N–H and O–H groups in total. The average molecular weight is 223 g/mol. The minimum absolute atomic E-state index is 0.803. The summed E-state index contributed by atoms with van der Waals surface area (Å²) < 4.78 is 10.6. The first-order valence-corrected chi connectivity index (χ1v) is 5.59. The predicted molar refractivity (Wildman–Crippen MR) is 66.5 cm³/mol. The Kier molecular flexibility index (Phi) is 5.12. The molecule has 0 amide bonds. The monoisotopic (exact) mass is 223 g/mol. The maximum absolute atomic E-state index is 5.30. The van der Waals surface area contributed by atoms with E-state index in [2.05, 4.69) is 18.3 Å². The lowest BCUT2D eigenvalue weighted by Gasteiger charge is -2.12. The van der Waals surface area contributed by atoms with Crippen molar-refractivity contribution in [2.75, 3.05) is 27.8 Å². The highest BCUT2D eigenvalue weighted by Gasteiger charge is 2.07. The predicted octanol–water partition coefficient (Wildman–Crippen LogP) is 2.16. The van der Waals surface area contributed by atoms with Crippen molar-refractivity contribution in [3.05, 3.63) is 23.3 Å². The Morgan fingerprint density at radius 2 is 1.75 bits per heavy atom. The number of nitrogens with one attached hydrogen (secondary N) is 1. The van der Waals surface area contributed by atoms with Crippen LogP contribution < -0.4 is 14.8 Å². The second-order valence-corrected chi connectivity index (χ2v) is 3.84. The summed E-state index contributed by atoms with van der Waals surface area (Å²) in [6.45, 7) is 3.14. The Balaban J connectivity index is 2.84. The van der Waals surface area contributed by atoms with E-state index in [4.69, 9.17) is 9.47 Å². The minimum Gasteiger partial charge on any atom is -0.493 e. The largest absolute Gasteiger partial charge is 0.493 e. The lowest BCUT2D eigenvalue weighted by Crippen LogP contribution is -2.08. The van der Waals surface area contributed by atoms with Gasteiger partial charge in [-0.2, -0.15) is 0 Å². The highest BCUT2D eigenvalue weighted by Crippen LogP contribution is 2.30. The molecule has 16 heavy (non-hydrogen) atoms. The molecule has 0 fully saturated rings. The van der Waals surface area contributed by atoms with E-state index < -0.39 is 0 Å². The van der Waals surface area contributed by atoms with E-state index in [1.165, 1.54) is 11.1 Å². The average Bonchev–Trinajstić information content (AvgIpc) is 2.31. The van der Waals surface area contributed by atoms with Crippen LogP contribution in [0.1, 0.15) is 17.5 Å². The Labute approximate surface area is 97.8 Å². The van der Waals surface area contributed by atoms with Gasteiger partial charge in [0.05, 0.1) is 14.2 Å². The van der Waals surface area contributed by atoms with Crippen molar-refractivity contribution in [3.63, 3.8) is 0 Å². The van der Waals surface area contributed by atoms with Gasteiger partial charge in [0.2, 0.25) is 0 Å². The van der Waals surface area contributed by atoms with E-state index in [1.807, 2.05) is 13.1 Å². The van der Waals surface area contributed by atoms with Crippen LogP contribution in [0.4, 0.5) is 0 Å². The zero-order chi connectivity index (χ0) is 12.0. The Hall–Kier alpha value is -1.22. The van der Waals surface area contributed by atoms with E-state index in [-0.39, 0.29) is 0 Å². The Morgan fingerprint density at radius 3 is 2.31 bits per heavy atom. The smallest absolute Gasteiger partial charge is 0.161 e. The first kappa shape index (κ1) is 12.8. The molecule has 0 aliphatic carbocycles. The van der Waals surface area contributed by atoms with Crippen molar-refractivity contribution in [1.82, 2.24) is 5.32 Å². The van der Waals surface area contributed by atoms with Gasteiger partial charge < -0.3 is 14.8 Å². The molecule has 0 saturated carbocycles. The molecule has 1 aromatic rings. The molecule has 90 valence electrons. The summed E-state index contributed by atoms with van der Waals surface area (Å²) in [7, 11) is 5.31. The number of benzene rings is 1. The number of hydrogen-bond donors (Lipinski definition) is 1. The van der Waals surface area contributed by atoms with Gasteiger partial charge in [-0.05, 0) is 56.6 Å². The van der Waals surface area contributed by atoms with E-state index in [0.717, 1.165) is 30.9 Å². The van der Waals surface area contributed by atoms with Crippen LogP contribution in [-0.2, 0) is 6.42 Å². The number of methoxy groups -OCH3 is 2. The van der Waals surface area contributed by atoms with Gasteiger partial charge in [-0.3, -0.25) is 0 Å². The fourth-order valence-corrected chi connectivity index (χ4v) is 1.75. The summed E-state index contributed by atoms with van der Waals surface area (Å²) in [5, 5.41) is 3.15. The summed E-state index contributed by atoms with van der Waals surface area (Å²) in [5.41, 5.74) is 2.58. The zero-order valence-corrected chi connectivity index (χ0v) is 10.6. The minimum atomic E-state index is 0.803. The Morgan fingerprint density at radius 1 is 1.12 bits per heavy atom. The molecule has 0 aliphatic rings. The van der Waals surface area contributed by atoms with Crippen LogP contribution in [0.25, 0.3) is 0 Å². The number of hydrogen-bond acceptors (Lipinski definition) is 3. The summed E-state index contributed by atoms with van der Waals surface area (Å²) >= 11 is 0. The molecule has 1 aromatic carbocycles. The summed E-state index contributed by atoms with van der Waals surface area (Å²) in [4.78, 5) is 0. The molecule has 0 aromatic heterocycles. The third kappa shape index (κ3) is 3.14. The van der Waals surface area contributed by atoms with Gasteiger partial charge in [-0.15, -0.1) is 0 Å². The molecule has 0 saturated heterocycles. The maximum Gasteiger partial charge on any atom is 0.161 e. The molecule has 0 heterocycles. The first-order chi connectivity index (χ1) is 7.72. The molecule has 0 radical (unpaired) electrons. The van der Waals surface area contributed by atoms with E-state index in [0.29, 0.717) is 0 Å². The lowest BCUT2D eigenvalue weighted by molar-refractivity contribution is 0.354. The van der Waals surface area contributed by atoms with Gasteiger partial charge >= 0.3 is 0 Å². The molecule has 0 aliphatic heterocycles. The van der Waals surface area contributed by atoms with Crippen LogP contribution in [-0.4, -0.2) is 27.8 Å². The first-order valence-electron chi connectivity index (χ1n) is 5.59. The number of aryl methyl sites for hydroxylation is 2. The van der Waals surface area contributed by atoms with Crippen LogP contribution in [0.3, 0.4) is 0 Å². The molecular weight excluding hydrogens is 202 g/mol. The van der Waals surface area contributed by atoms with Crippen molar-refractivity contribution < 1.29 is 9.47 Å². The van der Waals surface area contributed by atoms with Crippen LogP contribution in [0.15, 0.2) is 12.1 Å². The molecule has 3 nitrogen and oxygen atoms in total. The fourth-order valence-electron chi connectivity index (χ4n) is 1.75. The molecule has 0 spiro atoms. The van der Waals surface area contributed by atoms with E-state index >= 15 is 0 Å². The lowest BCUT2D eigenvalue weighted by atomic mass is 10.0. The third-order valence-electron chi connectivity index (χ3n) is 2.72. The van der Waals surface area contributed by atoms with Crippen molar-refractivity contribution in [1.29, 1.82) is 0 Å². The zero-order valence-electron chi connectivity index (χ0n) is 10.6. The third-order valence-corrected chi connectivity index (χ3v) is 2.72. The quantitative estimate of drug-likeness (QED) is 0.750. The van der Waals surface area contributed by atoms with Crippen LogP contribution in [0.2, 0.25) is 0 Å². The molecule has 1 rings (SSSR count). The van der Waals surface area contributed by atoms with Crippen LogP contribution in [0, 0.1) is 6.92 Å². The second kappa shape index (κ2) is 6.38. The topological polar surface area (TPSA) is 30.5 Å². The molecule has 0 unspecified atom stereocenters. The van der Waals surface area contributed by atoms with Gasteiger partial charge in [0.15, 0.2) is 11.5 Å². The summed E-state index contributed by atoms with van der Waals surface area (Å²) in [6.07, 6.45) is 2.19. The van der Waals surface area contributed by atoms with Crippen molar-refractivity contribution in [2.24, 2.45) is 0 Å². The standard InChI is InChI=1S/C13H21NO2/c1-10-8-12(15-3)13(16-4)9-11(10)6-5-7-14-2/h8-9,14H,5-7H2,1-4H3. The van der Waals surface area contributed by atoms with E-state index in [9.17, 15) is 0 Å². The maximum atomic E-state index is 5.30. The second-order valence-electron chi connectivity index (χ2n) is 3.84. The van der Waals surface area contributed by atoms with Gasteiger partial charge in [0.1, 0.15) is 0 Å². The molecular formula is C13H21NO2. The molecule has 3 heteroatoms. The van der Waals surface area contributed by atoms with Gasteiger partial charge in [0, 0.05) is 0 Å². The normalized spacial score (nSPS) is 10.2. The Bertz CT molecular complexity index is 337.